The highest BCUT2D eigenvalue weighted by Crippen LogP contribution is 2.43. The van der Waals surface area contributed by atoms with Crippen molar-refractivity contribution in [3.05, 3.63) is 51.0 Å². The summed E-state index contributed by atoms with van der Waals surface area (Å²) in [5.41, 5.74) is 2.50. The van der Waals surface area contributed by atoms with Crippen molar-refractivity contribution in [3.8, 4) is 11.5 Å². The number of carbonyl (C=O) groups excluding carboxylic acids is 1. The van der Waals surface area contributed by atoms with Crippen molar-refractivity contribution in [2.45, 2.75) is 51.0 Å². The van der Waals surface area contributed by atoms with Crippen molar-refractivity contribution in [1.29, 1.82) is 0 Å². The van der Waals surface area contributed by atoms with Crippen LogP contribution in [0.4, 0.5) is 0 Å². The van der Waals surface area contributed by atoms with E-state index in [-0.39, 0.29) is 4.90 Å². The Hall–Kier alpha value is -2.06. The molecule has 8 heteroatoms. The van der Waals surface area contributed by atoms with Crippen LogP contribution >= 0.6 is 15.9 Å². The van der Waals surface area contributed by atoms with Gasteiger partial charge in [-0.3, -0.25) is 4.79 Å². The lowest BCUT2D eigenvalue weighted by molar-refractivity contribution is -0.134. The molecule has 0 fully saturated rings. The molecule has 1 aliphatic heterocycles. The van der Waals surface area contributed by atoms with Crippen LogP contribution in [0.1, 0.15) is 35.6 Å². The fourth-order valence-electron chi connectivity index (χ4n) is 3.60. The fourth-order valence-corrected chi connectivity index (χ4v) is 4.94. The molecule has 6 nitrogen and oxygen atoms in total. The normalized spacial score (nSPS) is 18.6. The van der Waals surface area contributed by atoms with Crippen molar-refractivity contribution < 1.29 is 22.7 Å². The molecular formula is C21H24BrNO5S. The van der Waals surface area contributed by atoms with Gasteiger partial charge in [-0.2, -0.15) is 0 Å². The van der Waals surface area contributed by atoms with Gasteiger partial charge in [-0.25, -0.2) is 13.1 Å². The van der Waals surface area contributed by atoms with Crippen LogP contribution in [0.15, 0.2) is 33.6 Å². The van der Waals surface area contributed by atoms with Gasteiger partial charge in [-0.05, 0) is 75.1 Å². The summed E-state index contributed by atoms with van der Waals surface area (Å²) in [6, 6.07) is 6.08. The lowest BCUT2D eigenvalue weighted by Crippen LogP contribution is -2.52. The highest BCUT2D eigenvalue weighted by atomic mass is 79.9. The number of halogens is 1. The molecule has 29 heavy (non-hydrogen) atoms. The van der Waals surface area contributed by atoms with Gasteiger partial charge in [0.1, 0.15) is 11.5 Å². The third-order valence-corrected chi connectivity index (χ3v) is 7.40. The first-order chi connectivity index (χ1) is 13.5. The van der Waals surface area contributed by atoms with Gasteiger partial charge >= 0.3 is 0 Å². The Morgan fingerprint density at radius 2 is 1.76 bits per heavy atom. The largest absolute Gasteiger partial charge is 0.496 e. The van der Waals surface area contributed by atoms with E-state index in [4.69, 9.17) is 9.47 Å². The maximum Gasteiger partial charge on any atom is 0.277 e. The molecule has 1 atom stereocenters. The highest BCUT2D eigenvalue weighted by molar-refractivity contribution is 9.10. The lowest BCUT2D eigenvalue weighted by Gasteiger charge is -2.36. The zero-order valence-corrected chi connectivity index (χ0v) is 19.5. The first-order valence-corrected chi connectivity index (χ1v) is 11.5. The number of hydrogen-bond acceptors (Lipinski definition) is 5. The summed E-state index contributed by atoms with van der Waals surface area (Å²) in [4.78, 5) is 13.0. The second kappa shape index (κ2) is 7.65. The van der Waals surface area contributed by atoms with E-state index < -0.39 is 21.5 Å². The van der Waals surface area contributed by atoms with Crippen molar-refractivity contribution in [2.75, 3.05) is 7.11 Å². The second-order valence-electron chi connectivity index (χ2n) is 7.44. The molecule has 1 aliphatic rings. The van der Waals surface area contributed by atoms with E-state index in [0.29, 0.717) is 18.6 Å². The Labute approximate surface area is 179 Å². The molecule has 2 aromatic rings. The molecule has 0 spiro atoms. The summed E-state index contributed by atoms with van der Waals surface area (Å²) < 4.78 is 39.8. The van der Waals surface area contributed by atoms with Crippen molar-refractivity contribution in [2.24, 2.45) is 0 Å². The van der Waals surface area contributed by atoms with E-state index in [1.807, 2.05) is 20.8 Å². The van der Waals surface area contributed by atoms with Crippen molar-refractivity contribution in [1.82, 2.24) is 4.72 Å². The van der Waals surface area contributed by atoms with Crippen LogP contribution in [0, 0.1) is 20.8 Å². The molecule has 0 bridgehead atoms. The number of fused-ring (bicyclic) bond motifs is 1. The molecule has 0 aromatic heterocycles. The average molecular weight is 482 g/mol. The summed E-state index contributed by atoms with van der Waals surface area (Å²) >= 11 is 3.27. The van der Waals surface area contributed by atoms with Crippen molar-refractivity contribution in [3.63, 3.8) is 0 Å². The number of sulfonamides is 1. The van der Waals surface area contributed by atoms with E-state index in [1.165, 1.54) is 12.1 Å². The van der Waals surface area contributed by atoms with Gasteiger partial charge in [-0.15, -0.1) is 0 Å². The Morgan fingerprint density at radius 3 is 2.34 bits per heavy atom. The zero-order chi connectivity index (χ0) is 21.6. The maximum atomic E-state index is 12.9. The molecule has 156 valence electrons. The van der Waals surface area contributed by atoms with E-state index >= 15 is 0 Å². The van der Waals surface area contributed by atoms with Gasteiger partial charge in [0.2, 0.25) is 0 Å². The number of carbonyl (C=O) groups is 1. The topological polar surface area (TPSA) is 81.7 Å². The standard InChI is InChI=1S/C21H24BrNO5S/c1-12-13(2)19-17(14(3)18(12)27-5)10-11-21(4,28-19)20(24)23-29(25,26)16-8-6-15(22)7-9-16/h6-9H,10-11H2,1-5H3,(H,23,24). The third-order valence-electron chi connectivity index (χ3n) is 5.53. The van der Waals surface area contributed by atoms with Crippen LogP contribution in [0.2, 0.25) is 0 Å². The Bertz CT molecular complexity index is 1080. The smallest absolute Gasteiger partial charge is 0.277 e. The molecule has 1 unspecified atom stereocenters. The van der Waals surface area contributed by atoms with E-state index in [9.17, 15) is 13.2 Å². The van der Waals surface area contributed by atoms with Gasteiger partial charge in [-0.1, -0.05) is 15.9 Å². The van der Waals surface area contributed by atoms with E-state index in [1.54, 1.807) is 26.2 Å². The Kier molecular flexibility index (Phi) is 5.71. The molecule has 0 radical (unpaired) electrons. The SMILES string of the molecule is COc1c(C)c(C)c2c(c1C)CCC(C)(C(=O)NS(=O)(=O)c1ccc(Br)cc1)O2. The predicted molar refractivity (Wildman–Crippen MR) is 114 cm³/mol. The number of benzene rings is 2. The van der Waals surface area contributed by atoms with Gasteiger partial charge < -0.3 is 9.47 Å². The van der Waals surface area contributed by atoms with E-state index in [0.717, 1.165) is 32.5 Å². The number of ether oxygens (including phenoxy) is 2. The van der Waals surface area contributed by atoms with Crippen LogP contribution in [-0.2, 0) is 21.2 Å². The zero-order valence-electron chi connectivity index (χ0n) is 17.1. The molecule has 0 saturated heterocycles. The summed E-state index contributed by atoms with van der Waals surface area (Å²) in [5.74, 6) is 0.762. The van der Waals surface area contributed by atoms with E-state index in [2.05, 4.69) is 20.7 Å². The van der Waals surface area contributed by atoms with Crippen LogP contribution in [0.25, 0.3) is 0 Å². The molecule has 0 saturated carbocycles. The predicted octanol–water partition coefficient (Wildman–Crippen LogP) is 3.97. The minimum absolute atomic E-state index is 0.0152. The Balaban J connectivity index is 1.91. The van der Waals surface area contributed by atoms with Gasteiger partial charge in [0.15, 0.2) is 5.60 Å². The summed E-state index contributed by atoms with van der Waals surface area (Å²) in [7, 11) is -2.36. The number of methoxy groups -OCH3 is 1. The molecule has 2 aromatic carbocycles. The minimum atomic E-state index is -4.00. The molecule has 0 aliphatic carbocycles. The molecular weight excluding hydrogens is 458 g/mol. The molecule has 3 rings (SSSR count). The molecule has 1 N–H and O–H groups in total. The first kappa shape index (κ1) is 21.6. The average Bonchev–Trinajstić information content (AvgIpc) is 2.66. The van der Waals surface area contributed by atoms with Crippen LogP contribution in [-0.4, -0.2) is 27.0 Å². The van der Waals surface area contributed by atoms with Crippen LogP contribution < -0.4 is 14.2 Å². The number of rotatable bonds is 4. The summed E-state index contributed by atoms with van der Waals surface area (Å²) in [5, 5.41) is 0. The monoisotopic (exact) mass is 481 g/mol. The third kappa shape index (κ3) is 3.88. The van der Waals surface area contributed by atoms with Crippen LogP contribution in [0.5, 0.6) is 11.5 Å². The highest BCUT2D eigenvalue weighted by Gasteiger charge is 2.42. The lowest BCUT2D eigenvalue weighted by atomic mass is 9.87. The second-order valence-corrected chi connectivity index (χ2v) is 10.0. The number of amides is 1. The quantitative estimate of drug-likeness (QED) is 0.714. The van der Waals surface area contributed by atoms with Crippen LogP contribution in [0.3, 0.4) is 0 Å². The van der Waals surface area contributed by atoms with Crippen molar-refractivity contribution >= 4 is 31.9 Å². The number of hydrogen-bond donors (Lipinski definition) is 1. The fraction of sp³-hybridized carbons (Fsp3) is 0.381. The summed E-state index contributed by atoms with van der Waals surface area (Å²) in [6.45, 7) is 7.44. The minimum Gasteiger partial charge on any atom is -0.496 e. The molecule has 1 heterocycles. The first-order valence-electron chi connectivity index (χ1n) is 9.18. The van der Waals surface area contributed by atoms with Gasteiger partial charge in [0.25, 0.3) is 15.9 Å². The molecule has 1 amide bonds. The maximum absolute atomic E-state index is 12.9. The van der Waals surface area contributed by atoms with Gasteiger partial charge in [0, 0.05) is 16.5 Å². The number of nitrogens with one attached hydrogen (secondary N) is 1. The Morgan fingerprint density at radius 1 is 1.14 bits per heavy atom. The summed E-state index contributed by atoms with van der Waals surface area (Å²) in [6.07, 6.45) is 0.940. The van der Waals surface area contributed by atoms with Gasteiger partial charge in [0.05, 0.1) is 12.0 Å².